The van der Waals surface area contributed by atoms with Crippen LogP contribution in [0, 0.1) is 0 Å². The smallest absolute Gasteiger partial charge is 1.00 e. The number of hydrogen-bond donors (Lipinski definition) is 0. The molecule has 1 aromatic carbocycles. The van der Waals surface area contributed by atoms with Gasteiger partial charge in [-0.05, 0) is 0 Å². The summed E-state index contributed by atoms with van der Waals surface area (Å²) in [7, 11) is 0. The van der Waals surface area contributed by atoms with Crippen LogP contribution in [0.25, 0.3) is 0 Å². The monoisotopic (exact) mass is 474 g/mol. The molecular weight excluding hydrogens is 433 g/mol. The van der Waals surface area contributed by atoms with Gasteiger partial charge in [-0.25, -0.2) is 0 Å². The summed E-state index contributed by atoms with van der Waals surface area (Å²) >= 11 is -0.172. The Balaban J connectivity index is 0.00000576. The summed E-state index contributed by atoms with van der Waals surface area (Å²) in [6.07, 6.45) is 20.5. The number of aryl methyl sites for hydroxylation is 1. The molecule has 0 aliphatic rings. The van der Waals surface area contributed by atoms with Crippen molar-refractivity contribution in [3.05, 3.63) is 35.9 Å². The Labute approximate surface area is 174 Å². The largest absolute Gasteiger partial charge is 1.00 e. The zero-order valence-corrected chi connectivity index (χ0v) is 20.7. The molecule has 0 fully saturated rings. The second-order valence-electron chi connectivity index (χ2n) is 7.34. The standard InChI is InChI=1S/C12H25.C11H15.ClH.Sb.2H/c1-3-5-7-9-11-12-10-8-6-4-2;1-2-3-5-8-11-9-6-4-7-10-11;;;;/h1,3-12H2,2H3;4,6-7,9-10H,1-3,5,8H2;1H;;;/q;;;+1;;/p-1. The van der Waals surface area contributed by atoms with Gasteiger partial charge in [0.25, 0.3) is 0 Å². The molecule has 0 bridgehead atoms. The quantitative estimate of drug-likeness (QED) is 0.232. The molecular formula is C23H42ClSb. The molecule has 0 aromatic heterocycles. The van der Waals surface area contributed by atoms with E-state index in [2.05, 4.69) is 37.3 Å². The molecule has 0 heterocycles. The topological polar surface area (TPSA) is 0 Å². The van der Waals surface area contributed by atoms with Crippen molar-refractivity contribution in [1.82, 2.24) is 0 Å². The summed E-state index contributed by atoms with van der Waals surface area (Å²) in [6.45, 7) is 2.30. The molecule has 25 heavy (non-hydrogen) atoms. The summed E-state index contributed by atoms with van der Waals surface area (Å²) in [5, 5.41) is 0. The molecule has 0 nitrogen and oxygen atoms in total. The van der Waals surface area contributed by atoms with Gasteiger partial charge in [-0.3, -0.25) is 0 Å². The molecule has 0 aliphatic carbocycles. The Kier molecular flexibility index (Phi) is 20.9. The number of unbranched alkanes of at least 4 members (excludes halogenated alkanes) is 11. The number of hydrogen-bond acceptors (Lipinski definition) is 0. The second kappa shape index (κ2) is 20.6. The van der Waals surface area contributed by atoms with Crippen LogP contribution in [0.5, 0.6) is 0 Å². The maximum Gasteiger partial charge on any atom is -1.00 e. The van der Waals surface area contributed by atoms with Gasteiger partial charge >= 0.3 is 163 Å². The number of halogens is 1. The van der Waals surface area contributed by atoms with E-state index in [4.69, 9.17) is 0 Å². The van der Waals surface area contributed by atoms with Crippen molar-refractivity contribution < 1.29 is 12.4 Å². The van der Waals surface area contributed by atoms with Gasteiger partial charge in [-0.2, -0.15) is 0 Å². The first kappa shape index (κ1) is 25.3. The van der Waals surface area contributed by atoms with Crippen LogP contribution in [0.1, 0.15) is 96.0 Å². The van der Waals surface area contributed by atoms with Crippen molar-refractivity contribution in [2.24, 2.45) is 0 Å². The van der Waals surface area contributed by atoms with E-state index in [1.54, 1.807) is 15.2 Å². The molecule has 146 valence electrons. The zero-order chi connectivity index (χ0) is 17.1. The molecule has 1 aromatic rings. The van der Waals surface area contributed by atoms with Gasteiger partial charge in [0, 0.05) is 0 Å². The predicted octanol–water partition coefficient (Wildman–Crippen LogP) is 4.33. The molecule has 0 atom stereocenters. The van der Waals surface area contributed by atoms with Gasteiger partial charge in [0.2, 0.25) is 0 Å². The third-order valence-electron chi connectivity index (χ3n) is 4.98. The van der Waals surface area contributed by atoms with Gasteiger partial charge in [0.15, 0.2) is 0 Å². The van der Waals surface area contributed by atoms with Crippen LogP contribution in [-0.4, -0.2) is 21.6 Å². The van der Waals surface area contributed by atoms with Crippen LogP contribution >= 0.6 is 0 Å². The average molecular weight is 476 g/mol. The first-order chi connectivity index (χ1) is 11.9. The minimum absolute atomic E-state index is 0. The summed E-state index contributed by atoms with van der Waals surface area (Å²) in [5.74, 6) is 0. The SMILES string of the molecule is CCCCCCCCCCC[CH2][SbH2+][CH2]CCCCc1ccccc1.[Cl-]. The molecule has 2 heteroatoms. The first-order valence-electron chi connectivity index (χ1n) is 10.8. The fraction of sp³-hybridized carbons (Fsp3) is 0.739. The van der Waals surface area contributed by atoms with E-state index in [0.29, 0.717) is 0 Å². The van der Waals surface area contributed by atoms with Gasteiger partial charge < -0.3 is 12.4 Å². The van der Waals surface area contributed by atoms with E-state index in [1.165, 1.54) is 89.0 Å². The van der Waals surface area contributed by atoms with Crippen LogP contribution in [0.3, 0.4) is 0 Å². The fourth-order valence-electron chi connectivity index (χ4n) is 3.36. The Morgan fingerprint density at radius 2 is 1.08 bits per heavy atom. The van der Waals surface area contributed by atoms with E-state index in [9.17, 15) is 0 Å². The van der Waals surface area contributed by atoms with E-state index in [0.717, 1.165) is 0 Å². The van der Waals surface area contributed by atoms with Gasteiger partial charge in [0.05, 0.1) is 0 Å². The maximum absolute atomic E-state index is 2.30. The van der Waals surface area contributed by atoms with Crippen molar-refractivity contribution >= 4 is 21.6 Å². The number of rotatable bonds is 17. The minimum atomic E-state index is -0.172. The fourth-order valence-corrected chi connectivity index (χ4v) is 7.48. The van der Waals surface area contributed by atoms with Crippen molar-refractivity contribution in [3.8, 4) is 0 Å². The first-order valence-corrected chi connectivity index (χ1v) is 15.4. The van der Waals surface area contributed by atoms with Crippen LogP contribution in [0.2, 0.25) is 8.73 Å². The predicted molar refractivity (Wildman–Crippen MR) is 114 cm³/mol. The van der Waals surface area contributed by atoms with E-state index in [1.807, 2.05) is 0 Å². The summed E-state index contributed by atoms with van der Waals surface area (Å²) < 4.78 is 3.30. The van der Waals surface area contributed by atoms with Crippen molar-refractivity contribution in [2.75, 3.05) is 0 Å². The summed E-state index contributed by atoms with van der Waals surface area (Å²) in [5.41, 5.74) is 1.52. The van der Waals surface area contributed by atoms with Gasteiger partial charge in [-0.15, -0.1) is 0 Å². The Morgan fingerprint density at radius 3 is 1.64 bits per heavy atom. The number of benzene rings is 1. The molecule has 0 saturated carbocycles. The van der Waals surface area contributed by atoms with Crippen molar-refractivity contribution in [2.45, 2.75) is 106 Å². The van der Waals surface area contributed by atoms with Crippen LogP contribution < -0.4 is 12.4 Å². The molecule has 0 unspecified atom stereocenters. The Morgan fingerprint density at radius 1 is 0.600 bits per heavy atom. The molecule has 0 radical (unpaired) electrons. The van der Waals surface area contributed by atoms with E-state index >= 15 is 0 Å². The third kappa shape index (κ3) is 17.5. The van der Waals surface area contributed by atoms with E-state index < -0.39 is 0 Å². The molecule has 0 saturated heterocycles. The Hall–Kier alpha value is 0.328. The maximum atomic E-state index is 2.30. The summed E-state index contributed by atoms with van der Waals surface area (Å²) in [4.78, 5) is 0. The summed E-state index contributed by atoms with van der Waals surface area (Å²) in [6, 6.07) is 11.0. The molecule has 0 N–H and O–H groups in total. The van der Waals surface area contributed by atoms with Crippen molar-refractivity contribution in [3.63, 3.8) is 0 Å². The van der Waals surface area contributed by atoms with Gasteiger partial charge in [0.1, 0.15) is 0 Å². The third-order valence-corrected chi connectivity index (χ3v) is 9.64. The van der Waals surface area contributed by atoms with Crippen LogP contribution in [0.4, 0.5) is 0 Å². The van der Waals surface area contributed by atoms with Crippen LogP contribution in [0.15, 0.2) is 30.3 Å². The Bertz CT molecular complexity index is 352. The normalized spacial score (nSPS) is 11.1. The van der Waals surface area contributed by atoms with Crippen LogP contribution in [-0.2, 0) is 6.42 Å². The zero-order valence-electron chi connectivity index (χ0n) is 16.7. The molecule has 0 aliphatic heterocycles. The average Bonchev–Trinajstić information content (AvgIpc) is 2.62. The van der Waals surface area contributed by atoms with Gasteiger partial charge in [-0.1, -0.05) is 0 Å². The molecule has 1 rings (SSSR count). The molecule has 0 amide bonds. The molecule has 0 spiro atoms. The van der Waals surface area contributed by atoms with Crippen molar-refractivity contribution in [1.29, 1.82) is 0 Å². The van der Waals surface area contributed by atoms with E-state index in [-0.39, 0.29) is 34.0 Å². The second-order valence-corrected chi connectivity index (χ2v) is 12.3. The minimum Gasteiger partial charge on any atom is -1.00 e.